The Morgan fingerprint density at radius 3 is 0.630 bits per heavy atom. The van der Waals surface area contributed by atoms with Crippen LogP contribution in [0.5, 0.6) is 0 Å². The molecule has 0 nitrogen and oxygen atoms in total. The van der Waals surface area contributed by atoms with Crippen LogP contribution in [0, 0.1) is 0 Å². The van der Waals surface area contributed by atoms with Crippen molar-refractivity contribution in [2.45, 2.75) is 0 Å². The van der Waals surface area contributed by atoms with Gasteiger partial charge in [-0.2, -0.15) is 0 Å². The average molecular weight is 1470 g/mol. The Balaban J connectivity index is 8.55. The topological polar surface area (TPSA) is 0 Å². The molecule has 0 aliphatic carbocycles. The molecule has 0 amide bonds. The minimum atomic E-state index is -0.134. The van der Waals surface area contributed by atoms with E-state index in [1.807, 2.05) is 0 Å². The molecule has 0 aromatic carbocycles. The molecule has 0 fully saturated rings. The van der Waals surface area contributed by atoms with Gasteiger partial charge in [-0.1, -0.05) is 7.96 Å². The minimum Gasteiger partial charge on any atom is -0.109 e. The maximum atomic E-state index is 3.43. The van der Waals surface area contributed by atoms with E-state index >= 15 is 0 Å². The molecule has 46 heteroatoms. The van der Waals surface area contributed by atoms with E-state index in [4.69, 9.17) is 0 Å². The fourth-order valence-electron chi connectivity index (χ4n) is 2.59. The molecule has 0 bridgehead atoms. The van der Waals surface area contributed by atoms with Crippen LogP contribution in [0.3, 0.4) is 0 Å². The van der Waals surface area contributed by atoms with E-state index in [0.717, 1.165) is 7.96 Å². The largest absolute Gasteiger partial charge is 0.109 e. The highest BCUT2D eigenvalue weighted by Gasteiger charge is 2.52. The van der Waals surface area contributed by atoms with Gasteiger partial charge in [-0.3, -0.25) is 0 Å². The zero-order valence-electron chi connectivity index (χ0n) is 23.7. The molecular weight excluding hydrogens is 1420 g/mol. The van der Waals surface area contributed by atoms with Crippen molar-refractivity contribution < 1.29 is 0 Å². The van der Waals surface area contributed by atoms with Gasteiger partial charge in [-0.15, -0.1) is 205 Å². The molecular formula is H48P46. The number of hydrogen-bond acceptors (Lipinski definition) is 0. The van der Waals surface area contributed by atoms with Crippen LogP contribution in [0.2, 0.25) is 0 Å². The van der Waals surface area contributed by atoms with E-state index in [0.29, 0.717) is 0 Å². The molecule has 0 aromatic heterocycles. The Hall–Kier alpha value is 19.8. The second-order valence-corrected chi connectivity index (χ2v) is 193. The Morgan fingerprint density at radius 1 is 0.217 bits per heavy atom. The molecule has 0 aromatic rings. The average Bonchev–Trinajstić information content (AvgIpc) is 2.84. The van der Waals surface area contributed by atoms with Crippen molar-refractivity contribution in [3.8, 4) is 0 Å². The minimum absolute atomic E-state index is 0.00854. The van der Waals surface area contributed by atoms with Gasteiger partial charge in [-0.25, -0.2) is 0 Å². The van der Waals surface area contributed by atoms with Crippen molar-refractivity contribution in [2.24, 2.45) is 0 Å². The summed E-state index contributed by atoms with van der Waals surface area (Å²) in [4.78, 5) is 0. The summed E-state index contributed by atoms with van der Waals surface area (Å²) < 4.78 is 0. The zero-order chi connectivity index (χ0) is 36.5. The van der Waals surface area contributed by atoms with Gasteiger partial charge < -0.3 is 0 Å². The van der Waals surface area contributed by atoms with Crippen molar-refractivity contribution in [3.05, 3.63) is 0 Å². The highest BCUT2D eigenvalue weighted by atomic mass is 33.5. The maximum absolute atomic E-state index is 3.43. The molecule has 0 N–H and O–H groups in total. The fourth-order valence-corrected chi connectivity index (χ4v) is 630. The summed E-state index contributed by atoms with van der Waals surface area (Å²) in [7, 11) is 80.7. The van der Waals surface area contributed by atoms with Crippen LogP contribution in [0.15, 0.2) is 0 Å². The van der Waals surface area contributed by atoms with Gasteiger partial charge >= 0.3 is 0 Å². The van der Waals surface area contributed by atoms with Crippen LogP contribution < -0.4 is 0 Å². The predicted molar refractivity (Wildman–Crippen MR) is 385 cm³/mol. The molecule has 0 aliphatic heterocycles. The standard InChI is InChI=1S/H48P46/c1-24-37(26(2)3)45(42(31(12)13)32(14)15)39(46(43(33(16)17)34(18)19)44(35(20)21)36(22)23)25-38(40(27(4)5)28(6)7)41(29(8)9)30(10)11/h24-25H,1-23H2. The second-order valence-electron chi connectivity index (χ2n) is 7.16. The first kappa shape index (κ1) is 65.8. The molecule has 0 radical (unpaired) electrons. The Labute approximate surface area is 363 Å². The van der Waals surface area contributed by atoms with E-state index in [1.165, 1.54) is 7.96 Å². The molecule has 28 unspecified atom stereocenters. The lowest BCUT2D eigenvalue weighted by molar-refractivity contribution is 4.40. The smallest absolute Gasteiger partial charge is 0.000962 e. The first-order valence-electron chi connectivity index (χ1n) is 10.4. The highest BCUT2D eigenvalue weighted by Crippen LogP contribution is 3.40. The molecule has 278 valence electrons. The first-order chi connectivity index (χ1) is 21.0. The van der Waals surface area contributed by atoms with Crippen LogP contribution in [0.4, 0.5) is 0 Å². The fraction of sp³-hybridized carbons (Fsp3) is 0. The van der Waals surface area contributed by atoms with Crippen molar-refractivity contribution in [1.82, 2.24) is 0 Å². The lowest BCUT2D eigenvalue weighted by atomic mass is 28.5. The van der Waals surface area contributed by atoms with Gasteiger partial charge in [0.05, 0.1) is 0 Å². The maximum Gasteiger partial charge on any atom is -0.000962 e. The molecule has 0 spiro atoms. The van der Waals surface area contributed by atoms with Crippen molar-refractivity contribution >= 4 is 368 Å². The van der Waals surface area contributed by atoms with Crippen LogP contribution in [-0.2, 0) is 0 Å². The third-order valence-corrected chi connectivity index (χ3v) is 316. The normalized spacial score (nSPS) is 16.6. The highest BCUT2D eigenvalue weighted by molar-refractivity contribution is 9.46. The molecule has 0 saturated carbocycles. The van der Waals surface area contributed by atoms with Gasteiger partial charge in [0.15, 0.2) is 0 Å². The van der Waals surface area contributed by atoms with E-state index in [2.05, 4.69) is 205 Å². The molecule has 28 atom stereocenters. The quantitative estimate of drug-likeness (QED) is 0.0948. The molecule has 0 heterocycles. The Morgan fingerprint density at radius 2 is 0.435 bits per heavy atom. The lowest BCUT2D eigenvalue weighted by Gasteiger charge is -2.53. The summed E-state index contributed by atoms with van der Waals surface area (Å²) in [6.07, 6.45) is 0. The summed E-state index contributed by atoms with van der Waals surface area (Å²) in [5.41, 5.74) is 0. The molecule has 0 saturated heterocycles. The molecule has 0 aliphatic rings. The van der Waals surface area contributed by atoms with E-state index in [-0.39, 0.29) is 147 Å². The SMILES string of the molecule is PPP(P(P)P)P(P(PP(P(P(P)P)P(P)P)P(P(P)P)P(P)P)P(P(P(P)P)P(P)P)P(P(P)P)P(P)P)P(P(P)P)P(P)P. The molecule has 46 heavy (non-hydrogen) atoms. The summed E-state index contributed by atoms with van der Waals surface area (Å²) in [6, 6.07) is 0. The number of hydrogen-bond donors (Lipinski definition) is 0. The second kappa shape index (κ2) is 36.7. The summed E-state index contributed by atoms with van der Waals surface area (Å²) in [5.74, 6) is 0. The first-order valence-corrected chi connectivity index (χ1v) is 94.0. The summed E-state index contributed by atoms with van der Waals surface area (Å²) in [6.45, 7) is -1.71. The lowest BCUT2D eigenvalue weighted by Crippen LogP contribution is -1.65. The van der Waals surface area contributed by atoms with Crippen molar-refractivity contribution in [2.75, 3.05) is 0 Å². The van der Waals surface area contributed by atoms with E-state index in [9.17, 15) is 0 Å². The third-order valence-electron chi connectivity index (χ3n) is 3.91. The Bertz CT molecular complexity index is 681. The zero-order valence-corrected chi connectivity index (χ0v) is 71.0. The van der Waals surface area contributed by atoms with E-state index in [1.54, 1.807) is 0 Å². The number of rotatable bonds is 22. The van der Waals surface area contributed by atoms with Gasteiger partial charge in [0.1, 0.15) is 0 Å². The van der Waals surface area contributed by atoms with Gasteiger partial charge in [0, 0.05) is 0 Å². The molecule has 0 rings (SSSR count). The van der Waals surface area contributed by atoms with Crippen molar-refractivity contribution in [3.63, 3.8) is 0 Å². The third kappa shape index (κ3) is 24.3. The summed E-state index contributed by atoms with van der Waals surface area (Å²) >= 11 is 0. The van der Waals surface area contributed by atoms with Crippen molar-refractivity contribution in [1.29, 1.82) is 0 Å². The predicted octanol–water partition coefficient (Wildman–Crippen LogP) is 26.8. The van der Waals surface area contributed by atoms with Crippen LogP contribution in [-0.4, -0.2) is 0 Å². The van der Waals surface area contributed by atoms with Gasteiger partial charge in [-0.05, 0) is 155 Å². The van der Waals surface area contributed by atoms with Crippen LogP contribution in [0.25, 0.3) is 0 Å². The monoisotopic (exact) mass is 1470 g/mol. The van der Waals surface area contributed by atoms with E-state index < -0.39 is 0 Å². The van der Waals surface area contributed by atoms with Crippen LogP contribution >= 0.6 is 368 Å². The Kier molecular flexibility index (Phi) is 52.4. The van der Waals surface area contributed by atoms with Gasteiger partial charge in [0.2, 0.25) is 0 Å². The summed E-state index contributed by atoms with van der Waals surface area (Å²) in [5, 5.41) is 0. The van der Waals surface area contributed by atoms with Crippen LogP contribution in [0.1, 0.15) is 0 Å². The van der Waals surface area contributed by atoms with Gasteiger partial charge in [0.25, 0.3) is 0 Å².